The van der Waals surface area contributed by atoms with E-state index in [2.05, 4.69) is 22.3 Å². The number of nitrogens with zero attached hydrogens (tertiary/aromatic N) is 1. The zero-order valence-electron chi connectivity index (χ0n) is 16.5. The molecule has 0 atom stereocenters. The molecular formula is C25H26N2O2. The monoisotopic (exact) mass is 386 g/mol. The number of carbonyl (C=O) groups is 1. The first-order chi connectivity index (χ1) is 14.3. The summed E-state index contributed by atoms with van der Waals surface area (Å²) in [5.41, 5.74) is 3.81. The van der Waals surface area contributed by atoms with Crippen molar-refractivity contribution in [1.29, 1.82) is 0 Å². The second kappa shape index (κ2) is 9.39. The number of amides is 1. The lowest BCUT2D eigenvalue weighted by atomic mass is 10.1. The molecule has 0 aromatic heterocycles. The van der Waals surface area contributed by atoms with E-state index in [-0.39, 0.29) is 5.91 Å². The molecule has 3 aromatic carbocycles. The van der Waals surface area contributed by atoms with E-state index < -0.39 is 0 Å². The van der Waals surface area contributed by atoms with Gasteiger partial charge in [-0.3, -0.25) is 9.69 Å². The Morgan fingerprint density at radius 3 is 2.21 bits per heavy atom. The molecule has 0 aliphatic carbocycles. The summed E-state index contributed by atoms with van der Waals surface area (Å²) in [5.74, 6) is 0.628. The predicted octanol–water partition coefficient (Wildman–Crippen LogP) is 5.11. The molecule has 1 aliphatic rings. The topological polar surface area (TPSA) is 41.6 Å². The fourth-order valence-electron chi connectivity index (χ4n) is 3.54. The molecule has 0 radical (unpaired) electrons. The van der Waals surface area contributed by atoms with Gasteiger partial charge in [0.15, 0.2) is 0 Å². The van der Waals surface area contributed by atoms with Gasteiger partial charge in [0.05, 0.1) is 0 Å². The average Bonchev–Trinajstić information content (AvgIpc) is 3.28. The van der Waals surface area contributed by atoms with Crippen molar-refractivity contribution in [2.24, 2.45) is 0 Å². The van der Waals surface area contributed by atoms with Crippen molar-refractivity contribution in [2.75, 3.05) is 18.4 Å². The van der Waals surface area contributed by atoms with E-state index in [4.69, 9.17) is 4.74 Å². The van der Waals surface area contributed by atoms with E-state index in [9.17, 15) is 4.79 Å². The fraction of sp³-hybridized carbons (Fsp3) is 0.240. The molecule has 1 saturated heterocycles. The number of likely N-dealkylation sites (tertiary alicyclic amines) is 1. The van der Waals surface area contributed by atoms with E-state index in [1.807, 2.05) is 54.6 Å². The van der Waals surface area contributed by atoms with Crippen LogP contribution in [0.3, 0.4) is 0 Å². The second-order valence-electron chi connectivity index (χ2n) is 7.43. The quantitative estimate of drug-likeness (QED) is 0.613. The summed E-state index contributed by atoms with van der Waals surface area (Å²) in [6, 6.07) is 25.4. The summed E-state index contributed by atoms with van der Waals surface area (Å²) in [6.45, 7) is 3.86. The van der Waals surface area contributed by atoms with E-state index in [0.717, 1.165) is 23.5 Å². The van der Waals surface area contributed by atoms with Crippen molar-refractivity contribution in [3.05, 3.63) is 95.6 Å². The SMILES string of the molecule is O=C(Nc1ccc(CN2CCCC2)cc1)c1ccc(OCc2ccccc2)cc1. The lowest BCUT2D eigenvalue weighted by Gasteiger charge is -2.14. The lowest BCUT2D eigenvalue weighted by molar-refractivity contribution is 0.102. The molecule has 1 amide bonds. The van der Waals surface area contributed by atoms with E-state index >= 15 is 0 Å². The number of nitrogens with one attached hydrogen (secondary N) is 1. The molecule has 0 spiro atoms. The van der Waals surface area contributed by atoms with E-state index in [0.29, 0.717) is 12.2 Å². The van der Waals surface area contributed by atoms with Gasteiger partial charge in [-0.15, -0.1) is 0 Å². The van der Waals surface area contributed by atoms with E-state index in [1.165, 1.54) is 31.5 Å². The molecule has 4 rings (SSSR count). The number of hydrogen-bond acceptors (Lipinski definition) is 3. The van der Waals surface area contributed by atoms with Gasteiger partial charge in [0.2, 0.25) is 0 Å². The Bertz CT molecular complexity index is 915. The Kier molecular flexibility index (Phi) is 6.22. The van der Waals surface area contributed by atoms with Crippen LogP contribution in [0.15, 0.2) is 78.9 Å². The van der Waals surface area contributed by atoms with Gasteiger partial charge >= 0.3 is 0 Å². The number of rotatable bonds is 7. The molecule has 4 heteroatoms. The minimum absolute atomic E-state index is 0.119. The molecule has 4 nitrogen and oxygen atoms in total. The van der Waals surface area contributed by atoms with Gasteiger partial charge in [-0.25, -0.2) is 0 Å². The highest BCUT2D eigenvalue weighted by molar-refractivity contribution is 6.04. The third-order valence-electron chi connectivity index (χ3n) is 5.18. The standard InChI is InChI=1S/C25H26N2O2/c28-25(26-23-12-8-20(9-13-23)18-27-16-4-5-17-27)22-10-14-24(15-11-22)29-19-21-6-2-1-3-7-21/h1-3,6-15H,4-5,16-19H2,(H,26,28). The highest BCUT2D eigenvalue weighted by Crippen LogP contribution is 2.18. The molecular weight excluding hydrogens is 360 g/mol. The minimum atomic E-state index is -0.119. The fourth-order valence-corrected chi connectivity index (χ4v) is 3.54. The number of hydrogen-bond donors (Lipinski definition) is 1. The van der Waals surface area contributed by atoms with Gasteiger partial charge in [-0.2, -0.15) is 0 Å². The van der Waals surface area contributed by atoms with Crippen LogP contribution in [0, 0.1) is 0 Å². The molecule has 1 aliphatic heterocycles. The average molecular weight is 386 g/mol. The van der Waals surface area contributed by atoms with Crippen LogP contribution in [0.2, 0.25) is 0 Å². The van der Waals surface area contributed by atoms with Crippen LogP contribution in [0.5, 0.6) is 5.75 Å². The first-order valence-electron chi connectivity index (χ1n) is 10.2. The Hall–Kier alpha value is -3.11. The van der Waals surface area contributed by atoms with E-state index in [1.54, 1.807) is 12.1 Å². The van der Waals surface area contributed by atoms with Crippen LogP contribution >= 0.6 is 0 Å². The molecule has 1 fully saturated rings. The zero-order chi connectivity index (χ0) is 19.9. The summed E-state index contributed by atoms with van der Waals surface area (Å²) in [5, 5.41) is 2.96. The molecule has 3 aromatic rings. The Labute approximate surface area is 172 Å². The highest BCUT2D eigenvalue weighted by Gasteiger charge is 2.12. The molecule has 0 unspecified atom stereocenters. The molecule has 1 N–H and O–H groups in total. The number of anilines is 1. The van der Waals surface area contributed by atoms with Crippen LogP contribution in [0.1, 0.15) is 34.3 Å². The maximum absolute atomic E-state index is 12.5. The summed E-state index contributed by atoms with van der Waals surface area (Å²) in [6.07, 6.45) is 2.59. The van der Waals surface area contributed by atoms with Crippen molar-refractivity contribution >= 4 is 11.6 Å². The van der Waals surface area contributed by atoms with Crippen molar-refractivity contribution < 1.29 is 9.53 Å². The van der Waals surface area contributed by atoms with Crippen molar-refractivity contribution in [1.82, 2.24) is 4.90 Å². The van der Waals surface area contributed by atoms with Gasteiger partial charge in [0.1, 0.15) is 12.4 Å². The number of ether oxygens (including phenoxy) is 1. The molecule has 148 valence electrons. The molecule has 0 saturated carbocycles. The van der Waals surface area contributed by atoms with Crippen LogP contribution in [-0.2, 0) is 13.2 Å². The van der Waals surface area contributed by atoms with Gasteiger partial charge < -0.3 is 10.1 Å². The Morgan fingerprint density at radius 2 is 1.52 bits per heavy atom. The molecule has 0 bridgehead atoms. The molecule has 29 heavy (non-hydrogen) atoms. The predicted molar refractivity (Wildman–Crippen MR) is 116 cm³/mol. The van der Waals surface area contributed by atoms with Gasteiger partial charge in [0.25, 0.3) is 5.91 Å². The smallest absolute Gasteiger partial charge is 0.255 e. The third kappa shape index (κ3) is 5.46. The van der Waals surface area contributed by atoms with Crippen molar-refractivity contribution in [3.63, 3.8) is 0 Å². The molecule has 1 heterocycles. The first-order valence-corrected chi connectivity index (χ1v) is 10.2. The van der Waals surface area contributed by atoms with Crippen LogP contribution in [0.25, 0.3) is 0 Å². The maximum atomic E-state index is 12.5. The van der Waals surface area contributed by atoms with Crippen molar-refractivity contribution in [2.45, 2.75) is 26.0 Å². The zero-order valence-corrected chi connectivity index (χ0v) is 16.5. The first kappa shape index (κ1) is 19.2. The number of carbonyl (C=O) groups excluding carboxylic acids is 1. The summed E-state index contributed by atoms with van der Waals surface area (Å²) in [4.78, 5) is 15.0. The van der Waals surface area contributed by atoms with Crippen LogP contribution < -0.4 is 10.1 Å². The minimum Gasteiger partial charge on any atom is -0.489 e. The van der Waals surface area contributed by atoms with Gasteiger partial charge in [-0.05, 0) is 73.5 Å². The summed E-state index contributed by atoms with van der Waals surface area (Å²) >= 11 is 0. The van der Waals surface area contributed by atoms with Crippen LogP contribution in [0.4, 0.5) is 5.69 Å². The largest absolute Gasteiger partial charge is 0.489 e. The maximum Gasteiger partial charge on any atom is 0.255 e. The van der Waals surface area contributed by atoms with Crippen LogP contribution in [-0.4, -0.2) is 23.9 Å². The van der Waals surface area contributed by atoms with Gasteiger partial charge in [-0.1, -0.05) is 42.5 Å². The Balaban J connectivity index is 1.29. The lowest BCUT2D eigenvalue weighted by Crippen LogP contribution is -2.18. The van der Waals surface area contributed by atoms with Gasteiger partial charge in [0, 0.05) is 17.8 Å². The summed E-state index contributed by atoms with van der Waals surface area (Å²) < 4.78 is 5.78. The third-order valence-corrected chi connectivity index (χ3v) is 5.18. The Morgan fingerprint density at radius 1 is 0.828 bits per heavy atom. The number of benzene rings is 3. The normalized spacial score (nSPS) is 13.9. The van der Waals surface area contributed by atoms with Crippen molar-refractivity contribution in [3.8, 4) is 5.75 Å². The summed E-state index contributed by atoms with van der Waals surface area (Å²) in [7, 11) is 0. The second-order valence-corrected chi connectivity index (χ2v) is 7.43. The highest BCUT2D eigenvalue weighted by atomic mass is 16.5.